The lowest BCUT2D eigenvalue weighted by Crippen LogP contribution is -2.21. The van der Waals surface area contributed by atoms with Crippen LogP contribution in [0.25, 0.3) is 0 Å². The van der Waals surface area contributed by atoms with E-state index in [1.807, 2.05) is 10.9 Å². The lowest BCUT2D eigenvalue weighted by atomic mass is 9.93. The number of aromatic nitrogens is 2. The van der Waals surface area contributed by atoms with E-state index in [1.165, 1.54) is 5.56 Å². The van der Waals surface area contributed by atoms with E-state index in [-0.39, 0.29) is 6.10 Å². The highest BCUT2D eigenvalue weighted by Crippen LogP contribution is 2.27. The minimum atomic E-state index is -0.0760. The van der Waals surface area contributed by atoms with Crippen molar-refractivity contribution in [3.05, 3.63) is 18.0 Å². The Kier molecular flexibility index (Phi) is 2.36. The number of aliphatic hydroxyl groups excluding tert-OH is 1. The number of hydrogen-bond acceptors (Lipinski definition) is 2. The summed E-state index contributed by atoms with van der Waals surface area (Å²) in [6.45, 7) is 2.06. The summed E-state index contributed by atoms with van der Waals surface area (Å²) >= 11 is 0. The second-order valence-corrected chi connectivity index (χ2v) is 3.96. The molecule has 1 fully saturated rings. The van der Waals surface area contributed by atoms with E-state index >= 15 is 0 Å². The van der Waals surface area contributed by atoms with Crippen LogP contribution in [-0.2, 0) is 0 Å². The maximum Gasteiger partial charge on any atom is 0.0541 e. The number of rotatable bonds is 1. The van der Waals surface area contributed by atoms with E-state index in [0.717, 1.165) is 25.7 Å². The van der Waals surface area contributed by atoms with Crippen LogP contribution in [0.2, 0.25) is 0 Å². The Balaban J connectivity index is 2.02. The van der Waals surface area contributed by atoms with Gasteiger partial charge in [-0.2, -0.15) is 5.10 Å². The third-order valence-electron chi connectivity index (χ3n) is 2.77. The summed E-state index contributed by atoms with van der Waals surface area (Å²) in [5.74, 6) is 0. The quantitative estimate of drug-likeness (QED) is 0.713. The number of aliphatic hydroxyl groups is 1. The molecule has 13 heavy (non-hydrogen) atoms. The van der Waals surface area contributed by atoms with Gasteiger partial charge in [0.1, 0.15) is 0 Å². The molecule has 0 saturated heterocycles. The molecule has 0 aromatic carbocycles. The Hall–Kier alpha value is -0.830. The molecule has 0 bridgehead atoms. The van der Waals surface area contributed by atoms with Crippen LogP contribution in [0.3, 0.4) is 0 Å². The molecule has 0 aliphatic heterocycles. The zero-order valence-corrected chi connectivity index (χ0v) is 7.98. The molecule has 1 heterocycles. The third-order valence-corrected chi connectivity index (χ3v) is 2.77. The van der Waals surface area contributed by atoms with Crippen molar-refractivity contribution in [2.75, 3.05) is 0 Å². The molecule has 2 rings (SSSR count). The van der Waals surface area contributed by atoms with E-state index in [4.69, 9.17) is 0 Å². The molecule has 0 radical (unpaired) electrons. The number of aryl methyl sites for hydroxylation is 1. The molecular weight excluding hydrogens is 164 g/mol. The Bertz CT molecular complexity index is 274. The second-order valence-electron chi connectivity index (χ2n) is 3.96. The lowest BCUT2D eigenvalue weighted by molar-refractivity contribution is 0.108. The topological polar surface area (TPSA) is 38.0 Å². The van der Waals surface area contributed by atoms with Crippen LogP contribution in [0.5, 0.6) is 0 Å². The molecule has 3 nitrogen and oxygen atoms in total. The van der Waals surface area contributed by atoms with Crippen LogP contribution in [0.15, 0.2) is 12.4 Å². The minimum absolute atomic E-state index is 0.0760. The van der Waals surface area contributed by atoms with Gasteiger partial charge in [-0.05, 0) is 38.2 Å². The Morgan fingerprint density at radius 3 is 2.62 bits per heavy atom. The van der Waals surface area contributed by atoms with E-state index in [0.29, 0.717) is 6.04 Å². The van der Waals surface area contributed by atoms with Gasteiger partial charge in [0, 0.05) is 6.20 Å². The predicted octanol–water partition coefficient (Wildman–Crippen LogP) is 1.67. The van der Waals surface area contributed by atoms with Crippen LogP contribution in [0.4, 0.5) is 0 Å². The van der Waals surface area contributed by atoms with Crippen molar-refractivity contribution in [2.45, 2.75) is 44.8 Å². The minimum Gasteiger partial charge on any atom is -0.393 e. The second kappa shape index (κ2) is 3.50. The first-order valence-corrected chi connectivity index (χ1v) is 4.94. The fourth-order valence-corrected chi connectivity index (χ4v) is 1.96. The van der Waals surface area contributed by atoms with Gasteiger partial charge in [0.05, 0.1) is 18.3 Å². The van der Waals surface area contributed by atoms with Crippen molar-refractivity contribution < 1.29 is 5.11 Å². The van der Waals surface area contributed by atoms with Gasteiger partial charge in [-0.1, -0.05) is 0 Å². The first-order valence-electron chi connectivity index (χ1n) is 4.94. The van der Waals surface area contributed by atoms with Crippen LogP contribution in [0.1, 0.15) is 37.3 Å². The molecule has 1 aliphatic rings. The van der Waals surface area contributed by atoms with Gasteiger partial charge in [0.25, 0.3) is 0 Å². The fourth-order valence-electron chi connectivity index (χ4n) is 1.96. The molecule has 1 N–H and O–H groups in total. The molecule has 0 unspecified atom stereocenters. The zero-order chi connectivity index (χ0) is 9.26. The van der Waals surface area contributed by atoms with Crippen molar-refractivity contribution in [2.24, 2.45) is 0 Å². The van der Waals surface area contributed by atoms with Crippen LogP contribution >= 0.6 is 0 Å². The normalized spacial score (nSPS) is 29.1. The van der Waals surface area contributed by atoms with E-state index in [1.54, 1.807) is 0 Å². The molecule has 0 amide bonds. The summed E-state index contributed by atoms with van der Waals surface area (Å²) in [4.78, 5) is 0. The highest BCUT2D eigenvalue weighted by Gasteiger charge is 2.20. The first kappa shape index (κ1) is 8.75. The fraction of sp³-hybridized carbons (Fsp3) is 0.700. The van der Waals surface area contributed by atoms with Gasteiger partial charge in [-0.3, -0.25) is 4.68 Å². The van der Waals surface area contributed by atoms with Gasteiger partial charge in [0.15, 0.2) is 0 Å². The molecule has 3 heteroatoms. The van der Waals surface area contributed by atoms with Gasteiger partial charge in [-0.25, -0.2) is 0 Å². The Morgan fingerprint density at radius 1 is 1.38 bits per heavy atom. The largest absolute Gasteiger partial charge is 0.393 e. The molecule has 1 aromatic heterocycles. The first-order chi connectivity index (χ1) is 6.25. The van der Waals surface area contributed by atoms with Crippen molar-refractivity contribution in [1.82, 2.24) is 9.78 Å². The zero-order valence-electron chi connectivity index (χ0n) is 7.98. The summed E-state index contributed by atoms with van der Waals surface area (Å²) in [7, 11) is 0. The monoisotopic (exact) mass is 180 g/mol. The molecule has 1 aromatic rings. The lowest BCUT2D eigenvalue weighted by Gasteiger charge is -2.25. The highest BCUT2D eigenvalue weighted by atomic mass is 16.3. The number of hydrogen-bond donors (Lipinski definition) is 1. The van der Waals surface area contributed by atoms with E-state index < -0.39 is 0 Å². The summed E-state index contributed by atoms with van der Waals surface area (Å²) < 4.78 is 2.04. The summed E-state index contributed by atoms with van der Waals surface area (Å²) in [6.07, 6.45) is 7.86. The average Bonchev–Trinajstić information content (AvgIpc) is 2.53. The summed E-state index contributed by atoms with van der Waals surface area (Å²) in [5.41, 5.74) is 1.21. The maximum absolute atomic E-state index is 9.35. The van der Waals surface area contributed by atoms with Crippen molar-refractivity contribution in [1.29, 1.82) is 0 Å². The standard InChI is InChI=1S/C10H16N2O/c1-8-6-11-12(7-8)9-2-4-10(13)5-3-9/h6-7,9-10,13H,2-5H2,1H3. The smallest absolute Gasteiger partial charge is 0.0541 e. The highest BCUT2D eigenvalue weighted by molar-refractivity contribution is 5.00. The molecule has 72 valence electrons. The van der Waals surface area contributed by atoms with E-state index in [9.17, 15) is 5.11 Å². The molecular formula is C10H16N2O. The van der Waals surface area contributed by atoms with Gasteiger partial charge in [0.2, 0.25) is 0 Å². The Morgan fingerprint density at radius 2 is 2.08 bits per heavy atom. The van der Waals surface area contributed by atoms with Gasteiger partial charge >= 0.3 is 0 Å². The van der Waals surface area contributed by atoms with Crippen LogP contribution < -0.4 is 0 Å². The van der Waals surface area contributed by atoms with Crippen molar-refractivity contribution >= 4 is 0 Å². The van der Waals surface area contributed by atoms with Crippen LogP contribution in [-0.4, -0.2) is 21.0 Å². The Labute approximate surface area is 78.4 Å². The van der Waals surface area contributed by atoms with E-state index in [2.05, 4.69) is 18.2 Å². The molecule has 1 aliphatic carbocycles. The average molecular weight is 180 g/mol. The molecule has 0 atom stereocenters. The summed E-state index contributed by atoms with van der Waals surface area (Å²) in [6, 6.07) is 0.511. The predicted molar refractivity (Wildman–Crippen MR) is 50.5 cm³/mol. The molecule has 0 spiro atoms. The number of nitrogens with zero attached hydrogens (tertiary/aromatic N) is 2. The van der Waals surface area contributed by atoms with Crippen LogP contribution in [0, 0.1) is 6.92 Å². The SMILES string of the molecule is Cc1cnn(C2CCC(O)CC2)c1. The van der Waals surface area contributed by atoms with Gasteiger partial charge < -0.3 is 5.11 Å². The van der Waals surface area contributed by atoms with Crippen molar-refractivity contribution in [3.8, 4) is 0 Å². The summed E-state index contributed by atoms with van der Waals surface area (Å²) in [5, 5.41) is 13.6. The molecule has 1 saturated carbocycles. The van der Waals surface area contributed by atoms with Crippen molar-refractivity contribution in [3.63, 3.8) is 0 Å². The third kappa shape index (κ3) is 1.91. The maximum atomic E-state index is 9.35. The van der Waals surface area contributed by atoms with Gasteiger partial charge in [-0.15, -0.1) is 0 Å².